The summed E-state index contributed by atoms with van der Waals surface area (Å²) in [7, 11) is -3.62. The van der Waals surface area contributed by atoms with Gasteiger partial charge in [-0.1, -0.05) is 37.3 Å². The molecular weight excluding hydrogens is 464 g/mol. The number of benzene rings is 3. The Labute approximate surface area is 205 Å². The summed E-state index contributed by atoms with van der Waals surface area (Å²) in [5.41, 5.74) is 4.07. The highest BCUT2D eigenvalue weighted by atomic mass is 32.2. The van der Waals surface area contributed by atoms with Crippen LogP contribution in [0.25, 0.3) is 0 Å². The summed E-state index contributed by atoms with van der Waals surface area (Å²) >= 11 is 0. The molecule has 2 unspecified atom stereocenters. The van der Waals surface area contributed by atoms with Crippen LogP contribution < -0.4 is 10.6 Å². The Hall–Kier alpha value is -3.49. The molecule has 0 fully saturated rings. The molecule has 0 aliphatic heterocycles. The molecule has 0 aromatic heterocycles. The van der Waals surface area contributed by atoms with Gasteiger partial charge in [-0.2, -0.15) is 0 Å². The van der Waals surface area contributed by atoms with Gasteiger partial charge in [-0.3, -0.25) is 4.79 Å². The zero-order valence-corrected chi connectivity index (χ0v) is 20.4. The standard InChI is InChI=1S/C27H28N2O5S/c1-3-18-7-11-23(12-8-18)35(33,34)16-25-24-15-22(10-9-20(24)14-26(25)31)29-27(32)28-21-6-4-5-19(13-21)17(2)30/h4-13,15,25-26,31H,3,14,16H2,1-2H3,(H2,28,29,32). The van der Waals surface area contributed by atoms with E-state index >= 15 is 0 Å². The fourth-order valence-electron chi connectivity index (χ4n) is 4.35. The molecule has 0 saturated carbocycles. The van der Waals surface area contributed by atoms with Crippen LogP contribution in [-0.2, 0) is 22.7 Å². The van der Waals surface area contributed by atoms with Crippen molar-refractivity contribution in [3.8, 4) is 0 Å². The van der Waals surface area contributed by atoms with E-state index in [9.17, 15) is 23.1 Å². The molecule has 182 valence electrons. The van der Waals surface area contributed by atoms with E-state index in [4.69, 9.17) is 0 Å². The number of amides is 2. The quantitative estimate of drug-likeness (QED) is 0.418. The van der Waals surface area contributed by atoms with E-state index in [1.807, 2.05) is 6.92 Å². The van der Waals surface area contributed by atoms with E-state index in [-0.39, 0.29) is 16.4 Å². The van der Waals surface area contributed by atoms with Crippen molar-refractivity contribution in [3.05, 3.63) is 89.0 Å². The maximum atomic E-state index is 13.1. The fraction of sp³-hybridized carbons (Fsp3) is 0.259. The van der Waals surface area contributed by atoms with Gasteiger partial charge in [0.25, 0.3) is 0 Å². The second-order valence-corrected chi connectivity index (χ2v) is 10.8. The minimum Gasteiger partial charge on any atom is -0.392 e. The Morgan fingerprint density at radius 1 is 0.971 bits per heavy atom. The second-order valence-electron chi connectivity index (χ2n) is 8.79. The van der Waals surface area contributed by atoms with Crippen molar-refractivity contribution >= 4 is 33.0 Å². The number of nitrogens with one attached hydrogen (secondary N) is 2. The van der Waals surface area contributed by atoms with Crippen LogP contribution in [0.5, 0.6) is 0 Å². The number of Topliss-reactive ketones (excluding diaryl/α,β-unsaturated/α-hetero) is 1. The van der Waals surface area contributed by atoms with Crippen LogP contribution in [0, 0.1) is 0 Å². The van der Waals surface area contributed by atoms with Crippen molar-refractivity contribution in [2.45, 2.75) is 43.6 Å². The zero-order chi connectivity index (χ0) is 25.2. The first kappa shape index (κ1) is 24.6. The normalized spacial score (nSPS) is 17.0. The maximum Gasteiger partial charge on any atom is 0.323 e. The van der Waals surface area contributed by atoms with Crippen LogP contribution >= 0.6 is 0 Å². The van der Waals surface area contributed by atoms with E-state index in [1.165, 1.54) is 6.92 Å². The molecule has 1 aliphatic carbocycles. The van der Waals surface area contributed by atoms with E-state index in [2.05, 4.69) is 10.6 Å². The molecule has 1 aliphatic rings. The van der Waals surface area contributed by atoms with Crippen molar-refractivity contribution in [2.75, 3.05) is 16.4 Å². The molecule has 0 heterocycles. The van der Waals surface area contributed by atoms with Crippen molar-refractivity contribution in [1.82, 2.24) is 0 Å². The minimum atomic E-state index is -3.62. The molecule has 4 rings (SSSR count). The van der Waals surface area contributed by atoms with Gasteiger partial charge in [0.1, 0.15) is 0 Å². The highest BCUT2D eigenvalue weighted by Gasteiger charge is 2.35. The summed E-state index contributed by atoms with van der Waals surface area (Å²) in [4.78, 5) is 24.3. The molecule has 8 heteroatoms. The maximum absolute atomic E-state index is 13.1. The van der Waals surface area contributed by atoms with Gasteiger partial charge in [-0.25, -0.2) is 13.2 Å². The van der Waals surface area contributed by atoms with E-state index in [0.29, 0.717) is 28.9 Å². The Morgan fingerprint density at radius 3 is 2.31 bits per heavy atom. The Bertz CT molecular complexity index is 1370. The first-order valence-electron chi connectivity index (χ1n) is 11.5. The van der Waals surface area contributed by atoms with Gasteiger partial charge in [-0.05, 0) is 72.9 Å². The Kier molecular flexibility index (Phi) is 7.05. The van der Waals surface area contributed by atoms with Crippen molar-refractivity contribution in [3.63, 3.8) is 0 Å². The Balaban J connectivity index is 1.50. The molecular formula is C27H28N2O5S. The van der Waals surface area contributed by atoms with E-state index in [0.717, 1.165) is 17.5 Å². The molecule has 0 spiro atoms. The summed E-state index contributed by atoms with van der Waals surface area (Å²) in [5, 5.41) is 16.1. The number of urea groups is 1. The molecule has 0 bridgehead atoms. The van der Waals surface area contributed by atoms with Gasteiger partial charge in [0.2, 0.25) is 0 Å². The molecule has 2 atom stereocenters. The largest absolute Gasteiger partial charge is 0.392 e. The summed E-state index contributed by atoms with van der Waals surface area (Å²) in [6.07, 6.45) is 0.350. The number of fused-ring (bicyclic) bond motifs is 1. The molecule has 0 radical (unpaired) electrons. The van der Waals surface area contributed by atoms with Crippen LogP contribution in [-0.4, -0.2) is 37.2 Å². The molecule has 3 aromatic carbocycles. The van der Waals surface area contributed by atoms with Crippen LogP contribution in [0.15, 0.2) is 71.6 Å². The highest BCUT2D eigenvalue weighted by Crippen LogP contribution is 2.37. The Morgan fingerprint density at radius 2 is 1.66 bits per heavy atom. The molecule has 0 saturated heterocycles. The average molecular weight is 493 g/mol. The van der Waals surface area contributed by atoms with E-state index in [1.54, 1.807) is 66.7 Å². The summed E-state index contributed by atoms with van der Waals surface area (Å²) < 4.78 is 26.1. The number of aliphatic hydroxyl groups excluding tert-OH is 1. The molecule has 3 N–H and O–H groups in total. The van der Waals surface area contributed by atoms with Gasteiger partial charge < -0.3 is 15.7 Å². The SMILES string of the molecule is CCc1ccc(S(=O)(=O)CC2c3cc(NC(=O)Nc4cccc(C(C)=O)c4)ccc3CC2O)cc1. The average Bonchev–Trinajstić information content (AvgIpc) is 3.13. The first-order chi connectivity index (χ1) is 16.7. The number of aliphatic hydroxyl groups is 1. The van der Waals surface area contributed by atoms with E-state index < -0.39 is 27.9 Å². The third-order valence-corrected chi connectivity index (χ3v) is 8.10. The molecule has 7 nitrogen and oxygen atoms in total. The summed E-state index contributed by atoms with van der Waals surface area (Å²) in [6, 6.07) is 18.2. The number of aryl methyl sites for hydroxylation is 1. The number of sulfone groups is 1. The minimum absolute atomic E-state index is 0.103. The number of rotatable bonds is 7. The third-order valence-electron chi connectivity index (χ3n) is 6.31. The fourth-order valence-corrected chi connectivity index (χ4v) is 5.97. The topological polar surface area (TPSA) is 113 Å². The lowest BCUT2D eigenvalue weighted by Crippen LogP contribution is -2.23. The third kappa shape index (κ3) is 5.61. The lowest BCUT2D eigenvalue weighted by molar-refractivity contribution is 0.101. The number of carbonyl (C=O) groups is 2. The number of hydrogen-bond acceptors (Lipinski definition) is 5. The lowest BCUT2D eigenvalue weighted by atomic mass is 10.0. The van der Waals surface area contributed by atoms with Crippen molar-refractivity contribution in [1.29, 1.82) is 0 Å². The first-order valence-corrected chi connectivity index (χ1v) is 13.1. The highest BCUT2D eigenvalue weighted by molar-refractivity contribution is 7.91. The predicted octanol–water partition coefficient (Wildman–Crippen LogP) is 4.57. The van der Waals surface area contributed by atoms with Gasteiger partial charge in [0.15, 0.2) is 15.6 Å². The summed E-state index contributed by atoms with van der Waals surface area (Å²) in [5.74, 6) is -0.924. The van der Waals surface area contributed by atoms with Crippen LogP contribution in [0.2, 0.25) is 0 Å². The molecule has 2 amide bonds. The number of anilines is 2. The van der Waals surface area contributed by atoms with Crippen LogP contribution in [0.3, 0.4) is 0 Å². The monoisotopic (exact) mass is 492 g/mol. The number of ketones is 1. The van der Waals surface area contributed by atoms with Gasteiger partial charge in [0.05, 0.1) is 16.8 Å². The number of carbonyl (C=O) groups excluding carboxylic acids is 2. The van der Waals surface area contributed by atoms with Gasteiger partial charge in [-0.15, -0.1) is 0 Å². The van der Waals surface area contributed by atoms with Crippen molar-refractivity contribution in [2.24, 2.45) is 0 Å². The van der Waals surface area contributed by atoms with Gasteiger partial charge >= 0.3 is 6.03 Å². The predicted molar refractivity (Wildman–Crippen MR) is 136 cm³/mol. The summed E-state index contributed by atoms with van der Waals surface area (Å²) in [6.45, 7) is 3.46. The van der Waals surface area contributed by atoms with Crippen LogP contribution in [0.1, 0.15) is 46.8 Å². The van der Waals surface area contributed by atoms with Crippen molar-refractivity contribution < 1.29 is 23.1 Å². The smallest absolute Gasteiger partial charge is 0.323 e. The lowest BCUT2D eigenvalue weighted by Gasteiger charge is -2.17. The van der Waals surface area contributed by atoms with Gasteiger partial charge in [0, 0.05) is 22.9 Å². The second kappa shape index (κ2) is 10.0. The number of hydrogen-bond donors (Lipinski definition) is 3. The molecule has 3 aromatic rings. The van der Waals surface area contributed by atoms with Crippen LogP contribution in [0.4, 0.5) is 16.2 Å². The zero-order valence-electron chi connectivity index (χ0n) is 19.6. The molecule has 35 heavy (non-hydrogen) atoms.